The predicted octanol–water partition coefficient (Wildman–Crippen LogP) is 2.26. The summed E-state index contributed by atoms with van der Waals surface area (Å²) >= 11 is 1.42. The third kappa shape index (κ3) is 2.85. The van der Waals surface area contributed by atoms with Crippen LogP contribution in [0.2, 0.25) is 0 Å². The van der Waals surface area contributed by atoms with Crippen molar-refractivity contribution in [1.82, 2.24) is 20.1 Å². The van der Waals surface area contributed by atoms with Crippen LogP contribution in [0, 0.1) is 0 Å². The van der Waals surface area contributed by atoms with Gasteiger partial charge in [0.2, 0.25) is 5.91 Å². The summed E-state index contributed by atoms with van der Waals surface area (Å²) in [6.07, 6.45) is 3.66. The van der Waals surface area contributed by atoms with Crippen LogP contribution in [0.3, 0.4) is 0 Å². The van der Waals surface area contributed by atoms with Crippen molar-refractivity contribution in [2.45, 2.75) is 23.2 Å². The Morgan fingerprint density at radius 1 is 1.25 bits per heavy atom. The van der Waals surface area contributed by atoms with Gasteiger partial charge >= 0.3 is 0 Å². The van der Waals surface area contributed by atoms with Crippen LogP contribution in [0.25, 0.3) is 0 Å². The van der Waals surface area contributed by atoms with E-state index in [1.165, 1.54) is 18.1 Å². The van der Waals surface area contributed by atoms with Gasteiger partial charge in [-0.1, -0.05) is 42.1 Å². The number of nitrogens with zero attached hydrogens (tertiary/aromatic N) is 3. The van der Waals surface area contributed by atoms with Crippen molar-refractivity contribution in [3.05, 3.63) is 42.2 Å². The van der Waals surface area contributed by atoms with Gasteiger partial charge in [0.1, 0.15) is 11.6 Å². The highest BCUT2D eigenvalue weighted by atomic mass is 32.2. The van der Waals surface area contributed by atoms with Crippen molar-refractivity contribution >= 4 is 17.7 Å². The summed E-state index contributed by atoms with van der Waals surface area (Å²) < 4.78 is 0. The zero-order chi connectivity index (χ0) is 13.8. The summed E-state index contributed by atoms with van der Waals surface area (Å²) in [6, 6.07) is 9.85. The van der Waals surface area contributed by atoms with E-state index in [-0.39, 0.29) is 11.2 Å². The number of rotatable bonds is 4. The quantitative estimate of drug-likeness (QED) is 0.877. The van der Waals surface area contributed by atoms with Crippen LogP contribution >= 0.6 is 11.8 Å². The second-order valence-corrected chi connectivity index (χ2v) is 5.83. The van der Waals surface area contributed by atoms with E-state index in [4.69, 9.17) is 0 Å². The SMILES string of the molecule is O=C([C@H](Sc1ncn[nH]1)c1ccccc1)N1CCCC1. The molecule has 6 heteroatoms. The van der Waals surface area contributed by atoms with Gasteiger partial charge in [-0.3, -0.25) is 9.89 Å². The number of H-pyrrole nitrogens is 1. The number of carbonyl (C=O) groups excluding carboxylic acids is 1. The summed E-state index contributed by atoms with van der Waals surface area (Å²) in [5, 5.41) is 7.07. The van der Waals surface area contributed by atoms with E-state index in [9.17, 15) is 4.79 Å². The van der Waals surface area contributed by atoms with Crippen LogP contribution in [0.15, 0.2) is 41.8 Å². The van der Waals surface area contributed by atoms with E-state index in [1.807, 2.05) is 35.2 Å². The van der Waals surface area contributed by atoms with Crippen LogP contribution in [0.1, 0.15) is 23.7 Å². The highest BCUT2D eigenvalue weighted by Crippen LogP contribution is 2.35. The average molecular weight is 288 g/mol. The number of aromatic amines is 1. The molecule has 20 heavy (non-hydrogen) atoms. The molecule has 1 fully saturated rings. The van der Waals surface area contributed by atoms with E-state index in [0.29, 0.717) is 5.16 Å². The lowest BCUT2D eigenvalue weighted by molar-refractivity contribution is -0.129. The number of carbonyl (C=O) groups is 1. The van der Waals surface area contributed by atoms with E-state index in [1.54, 1.807) is 0 Å². The first-order chi connectivity index (χ1) is 9.84. The van der Waals surface area contributed by atoms with Crippen LogP contribution in [-0.4, -0.2) is 39.1 Å². The predicted molar refractivity (Wildman–Crippen MR) is 77.2 cm³/mol. The first kappa shape index (κ1) is 13.2. The van der Waals surface area contributed by atoms with Gasteiger partial charge in [-0.25, -0.2) is 4.98 Å². The van der Waals surface area contributed by atoms with Crippen LogP contribution in [-0.2, 0) is 4.79 Å². The first-order valence-corrected chi connectivity index (χ1v) is 7.58. The van der Waals surface area contributed by atoms with Gasteiger partial charge in [0.25, 0.3) is 0 Å². The van der Waals surface area contributed by atoms with Crippen molar-refractivity contribution < 1.29 is 4.79 Å². The van der Waals surface area contributed by atoms with Crippen LogP contribution in [0.5, 0.6) is 0 Å². The summed E-state index contributed by atoms with van der Waals surface area (Å²) in [5.41, 5.74) is 1.01. The Morgan fingerprint density at radius 2 is 2.00 bits per heavy atom. The highest BCUT2D eigenvalue weighted by Gasteiger charge is 2.29. The maximum atomic E-state index is 12.7. The minimum atomic E-state index is -0.262. The lowest BCUT2D eigenvalue weighted by Crippen LogP contribution is -2.31. The molecule has 2 heterocycles. The summed E-state index contributed by atoms with van der Waals surface area (Å²) in [7, 11) is 0. The molecule has 0 bridgehead atoms. The normalized spacial score (nSPS) is 16.3. The van der Waals surface area contributed by atoms with E-state index < -0.39 is 0 Å². The number of aromatic nitrogens is 3. The molecule has 1 aliphatic heterocycles. The molecule has 0 aliphatic carbocycles. The number of benzene rings is 1. The molecule has 1 aromatic carbocycles. The topological polar surface area (TPSA) is 61.9 Å². The molecule has 0 unspecified atom stereocenters. The van der Waals surface area contributed by atoms with Crippen molar-refractivity contribution in [3.63, 3.8) is 0 Å². The van der Waals surface area contributed by atoms with Gasteiger partial charge in [0.15, 0.2) is 5.16 Å². The van der Waals surface area contributed by atoms with Gasteiger partial charge in [-0.05, 0) is 18.4 Å². The lowest BCUT2D eigenvalue weighted by Gasteiger charge is -2.22. The molecule has 3 rings (SSSR count). The maximum Gasteiger partial charge on any atom is 0.240 e. The minimum Gasteiger partial charge on any atom is -0.341 e. The molecule has 5 nitrogen and oxygen atoms in total. The van der Waals surface area contributed by atoms with Crippen molar-refractivity contribution in [1.29, 1.82) is 0 Å². The monoisotopic (exact) mass is 288 g/mol. The first-order valence-electron chi connectivity index (χ1n) is 6.70. The third-order valence-corrected chi connectivity index (χ3v) is 4.50. The number of hydrogen-bond donors (Lipinski definition) is 1. The number of amides is 1. The van der Waals surface area contributed by atoms with Gasteiger partial charge in [-0.15, -0.1) is 0 Å². The van der Waals surface area contributed by atoms with Crippen LogP contribution in [0.4, 0.5) is 0 Å². The van der Waals surface area contributed by atoms with Gasteiger partial charge in [0.05, 0.1) is 0 Å². The van der Waals surface area contributed by atoms with Crippen molar-refractivity contribution in [2.24, 2.45) is 0 Å². The molecular weight excluding hydrogens is 272 g/mol. The van der Waals surface area contributed by atoms with Crippen molar-refractivity contribution in [3.8, 4) is 0 Å². The number of nitrogens with one attached hydrogen (secondary N) is 1. The zero-order valence-electron chi connectivity index (χ0n) is 11.0. The summed E-state index contributed by atoms with van der Waals surface area (Å²) in [5.74, 6) is 0.162. The molecule has 1 aliphatic rings. The summed E-state index contributed by atoms with van der Waals surface area (Å²) in [4.78, 5) is 18.8. The molecule has 0 saturated carbocycles. The lowest BCUT2D eigenvalue weighted by atomic mass is 10.1. The number of thioether (sulfide) groups is 1. The van der Waals surface area contributed by atoms with Gasteiger partial charge < -0.3 is 4.90 Å². The Labute approximate surface area is 121 Å². The molecule has 1 amide bonds. The average Bonchev–Trinajstić information content (AvgIpc) is 3.18. The Kier molecular flexibility index (Phi) is 4.01. The zero-order valence-corrected chi connectivity index (χ0v) is 11.8. The summed E-state index contributed by atoms with van der Waals surface area (Å²) in [6.45, 7) is 1.72. The molecule has 2 aromatic rings. The molecule has 1 atom stereocenters. The van der Waals surface area contributed by atoms with Gasteiger partial charge in [0, 0.05) is 13.1 Å². The third-order valence-electron chi connectivity index (χ3n) is 3.37. The Balaban J connectivity index is 1.84. The molecule has 1 N–H and O–H groups in total. The van der Waals surface area contributed by atoms with Gasteiger partial charge in [-0.2, -0.15) is 5.10 Å². The molecule has 1 saturated heterocycles. The fourth-order valence-electron chi connectivity index (χ4n) is 2.35. The van der Waals surface area contributed by atoms with E-state index in [2.05, 4.69) is 15.2 Å². The molecular formula is C14H16N4OS. The Morgan fingerprint density at radius 3 is 2.65 bits per heavy atom. The molecule has 0 spiro atoms. The molecule has 0 radical (unpaired) electrons. The van der Waals surface area contributed by atoms with E-state index in [0.717, 1.165) is 31.5 Å². The highest BCUT2D eigenvalue weighted by molar-refractivity contribution is 8.00. The largest absolute Gasteiger partial charge is 0.341 e. The van der Waals surface area contributed by atoms with E-state index >= 15 is 0 Å². The molecule has 1 aromatic heterocycles. The standard InChI is InChI=1S/C14H16N4OS/c19-13(18-8-4-5-9-18)12(11-6-2-1-3-7-11)20-14-15-10-16-17-14/h1-3,6-7,10,12H,4-5,8-9H2,(H,15,16,17)/t12-/m1/s1. The molecule has 104 valence electrons. The smallest absolute Gasteiger partial charge is 0.240 e. The Bertz CT molecular complexity index is 552. The second-order valence-electron chi connectivity index (χ2n) is 4.73. The van der Waals surface area contributed by atoms with Crippen LogP contribution < -0.4 is 0 Å². The second kappa shape index (κ2) is 6.09. The maximum absolute atomic E-state index is 12.7. The number of hydrogen-bond acceptors (Lipinski definition) is 4. The fraction of sp³-hybridized carbons (Fsp3) is 0.357. The minimum absolute atomic E-state index is 0.162. The van der Waals surface area contributed by atoms with Crippen molar-refractivity contribution in [2.75, 3.05) is 13.1 Å². The fourth-order valence-corrected chi connectivity index (χ4v) is 3.33. The Hall–Kier alpha value is -1.82. The number of likely N-dealkylation sites (tertiary alicyclic amines) is 1.